The number of hydrogen-bond donors (Lipinski definition) is 0. The van der Waals surface area contributed by atoms with Gasteiger partial charge in [-0.2, -0.15) is 0 Å². The highest BCUT2D eigenvalue weighted by molar-refractivity contribution is 9.10. The maximum atomic E-state index is 13.0. The highest BCUT2D eigenvalue weighted by atomic mass is 79.9. The Morgan fingerprint density at radius 3 is 2.04 bits per heavy atom. The summed E-state index contributed by atoms with van der Waals surface area (Å²) in [7, 11) is 0. The second-order valence-corrected chi connectivity index (χ2v) is 5.79. The van der Waals surface area contributed by atoms with Gasteiger partial charge < -0.3 is 0 Å². The first kappa shape index (κ1) is 16.7. The molecule has 25 heavy (non-hydrogen) atoms. The second-order valence-electron chi connectivity index (χ2n) is 4.94. The summed E-state index contributed by atoms with van der Waals surface area (Å²) in [5.74, 6) is 0.411. The number of nitro benzene ring substituents is 1. The average molecular weight is 399 g/mol. The van der Waals surface area contributed by atoms with Crippen molar-refractivity contribution in [3.63, 3.8) is 0 Å². The van der Waals surface area contributed by atoms with Crippen LogP contribution in [0.25, 0.3) is 0 Å². The van der Waals surface area contributed by atoms with Crippen LogP contribution < -0.4 is 4.90 Å². The molecule has 0 aliphatic heterocycles. The molecule has 0 radical (unpaired) electrons. The molecule has 124 valence electrons. The molecule has 8 heteroatoms. The van der Waals surface area contributed by atoms with E-state index in [1.54, 1.807) is 48.8 Å². The summed E-state index contributed by atoms with van der Waals surface area (Å²) < 4.78 is 0.227. The molecule has 0 unspecified atom stereocenters. The van der Waals surface area contributed by atoms with Crippen molar-refractivity contribution >= 4 is 39.2 Å². The van der Waals surface area contributed by atoms with Crippen LogP contribution >= 0.6 is 15.9 Å². The second kappa shape index (κ2) is 7.18. The van der Waals surface area contributed by atoms with Crippen molar-refractivity contribution in [2.24, 2.45) is 0 Å². The van der Waals surface area contributed by atoms with Crippen LogP contribution in [0.15, 0.2) is 71.5 Å². The fourth-order valence-electron chi connectivity index (χ4n) is 2.21. The zero-order chi connectivity index (χ0) is 17.8. The van der Waals surface area contributed by atoms with Gasteiger partial charge in [-0.05, 0) is 52.3 Å². The van der Waals surface area contributed by atoms with E-state index < -0.39 is 10.8 Å². The van der Waals surface area contributed by atoms with Crippen LogP contribution in [0.4, 0.5) is 17.3 Å². The summed E-state index contributed by atoms with van der Waals surface area (Å²) in [6.07, 6.45) is 3.15. The molecule has 2 aromatic heterocycles. The van der Waals surface area contributed by atoms with Gasteiger partial charge in [-0.1, -0.05) is 12.1 Å². The van der Waals surface area contributed by atoms with Gasteiger partial charge in [-0.15, -0.1) is 0 Å². The quantitative estimate of drug-likeness (QED) is 0.486. The summed E-state index contributed by atoms with van der Waals surface area (Å²) in [5, 5.41) is 10.9. The van der Waals surface area contributed by atoms with Crippen molar-refractivity contribution in [3.8, 4) is 0 Å². The van der Waals surface area contributed by atoms with Crippen molar-refractivity contribution in [2.75, 3.05) is 4.90 Å². The highest BCUT2D eigenvalue weighted by Crippen LogP contribution is 2.29. The van der Waals surface area contributed by atoms with Crippen LogP contribution in [-0.4, -0.2) is 20.8 Å². The van der Waals surface area contributed by atoms with Crippen molar-refractivity contribution in [3.05, 3.63) is 87.1 Å². The number of benzene rings is 1. The first-order valence-electron chi connectivity index (χ1n) is 7.18. The lowest BCUT2D eigenvalue weighted by Crippen LogP contribution is -2.27. The third-order valence-electron chi connectivity index (χ3n) is 3.35. The van der Waals surface area contributed by atoms with Gasteiger partial charge in [-0.3, -0.25) is 14.9 Å². The van der Waals surface area contributed by atoms with Crippen molar-refractivity contribution in [1.29, 1.82) is 0 Å². The van der Waals surface area contributed by atoms with Crippen molar-refractivity contribution < 1.29 is 9.72 Å². The SMILES string of the molecule is O=C(c1ccc([N+](=O)[O-])c(Br)c1)N(c1ccccn1)c1ccccn1. The molecule has 7 nitrogen and oxygen atoms in total. The molecule has 1 amide bonds. The molecule has 0 atom stereocenters. The van der Waals surface area contributed by atoms with E-state index in [-0.39, 0.29) is 15.7 Å². The van der Waals surface area contributed by atoms with Crippen LogP contribution in [-0.2, 0) is 0 Å². The zero-order valence-corrected chi connectivity index (χ0v) is 14.3. The maximum absolute atomic E-state index is 13.0. The Morgan fingerprint density at radius 1 is 1.00 bits per heavy atom. The summed E-state index contributed by atoms with van der Waals surface area (Å²) >= 11 is 3.13. The number of pyridine rings is 2. The van der Waals surface area contributed by atoms with Gasteiger partial charge >= 0.3 is 0 Å². The molecule has 0 N–H and O–H groups in total. The number of aromatic nitrogens is 2. The topological polar surface area (TPSA) is 89.2 Å². The van der Waals surface area contributed by atoms with Gasteiger partial charge in [0, 0.05) is 24.0 Å². The molecule has 0 aliphatic carbocycles. The standard InChI is InChI=1S/C17H11BrN4O3/c18-13-11-12(7-8-14(13)22(24)25)17(23)21(15-5-1-3-9-19-15)16-6-2-4-10-20-16/h1-11H. The van der Waals surface area contributed by atoms with Crippen molar-refractivity contribution in [1.82, 2.24) is 9.97 Å². The van der Waals surface area contributed by atoms with E-state index in [0.29, 0.717) is 11.6 Å². The van der Waals surface area contributed by atoms with E-state index in [4.69, 9.17) is 0 Å². The summed E-state index contributed by atoms with van der Waals surface area (Å²) in [6.45, 7) is 0. The molecule has 0 saturated carbocycles. The maximum Gasteiger partial charge on any atom is 0.283 e. The Balaban J connectivity index is 2.06. The van der Waals surface area contributed by atoms with E-state index in [0.717, 1.165) is 0 Å². The summed E-state index contributed by atoms with van der Waals surface area (Å²) in [4.78, 5) is 33.2. The van der Waals surface area contributed by atoms with Gasteiger partial charge in [0.05, 0.1) is 9.40 Å². The largest absolute Gasteiger partial charge is 0.283 e. The van der Waals surface area contributed by atoms with Gasteiger partial charge in [0.2, 0.25) is 0 Å². The number of carbonyl (C=O) groups is 1. The Kier molecular flexibility index (Phi) is 4.80. The van der Waals surface area contributed by atoms with E-state index in [9.17, 15) is 14.9 Å². The monoisotopic (exact) mass is 398 g/mol. The molecule has 0 fully saturated rings. The van der Waals surface area contributed by atoms with E-state index in [1.807, 2.05) is 0 Å². The third kappa shape index (κ3) is 3.53. The Bertz CT molecular complexity index is 880. The van der Waals surface area contributed by atoms with Crippen LogP contribution in [0.1, 0.15) is 10.4 Å². The first-order chi connectivity index (χ1) is 12.1. The number of amides is 1. The predicted molar refractivity (Wildman–Crippen MR) is 95.7 cm³/mol. The highest BCUT2D eigenvalue weighted by Gasteiger charge is 2.23. The minimum Gasteiger partial charge on any atom is -0.268 e. The van der Waals surface area contributed by atoms with Crippen molar-refractivity contribution in [2.45, 2.75) is 0 Å². The lowest BCUT2D eigenvalue weighted by Gasteiger charge is -2.20. The van der Waals surface area contributed by atoms with Gasteiger partial charge in [0.25, 0.3) is 11.6 Å². The molecule has 0 spiro atoms. The number of anilines is 2. The summed E-state index contributed by atoms with van der Waals surface area (Å²) in [5.41, 5.74) is 0.160. The fourth-order valence-corrected chi connectivity index (χ4v) is 2.74. The molecule has 3 aromatic rings. The molecule has 1 aromatic carbocycles. The molecule has 0 aliphatic rings. The average Bonchev–Trinajstić information content (AvgIpc) is 2.63. The zero-order valence-electron chi connectivity index (χ0n) is 12.7. The number of rotatable bonds is 4. The number of hydrogen-bond acceptors (Lipinski definition) is 5. The van der Waals surface area contributed by atoms with Crippen LogP contribution in [0.2, 0.25) is 0 Å². The molecule has 0 bridgehead atoms. The van der Waals surface area contributed by atoms with Crippen LogP contribution in [0.3, 0.4) is 0 Å². The Labute approximate surface area is 151 Å². The minimum atomic E-state index is -0.520. The molecular formula is C17H11BrN4O3. The Hall–Kier alpha value is -3.13. The minimum absolute atomic E-state index is 0.112. The van der Waals surface area contributed by atoms with Gasteiger partial charge in [0.1, 0.15) is 11.6 Å². The molecule has 2 heterocycles. The molecular weight excluding hydrogens is 388 g/mol. The van der Waals surface area contributed by atoms with E-state index in [2.05, 4.69) is 25.9 Å². The number of halogens is 1. The Morgan fingerprint density at radius 2 is 1.60 bits per heavy atom. The molecule has 3 rings (SSSR count). The lowest BCUT2D eigenvalue weighted by molar-refractivity contribution is -0.385. The number of nitrogens with zero attached hydrogens (tertiary/aromatic N) is 4. The number of nitro groups is 1. The fraction of sp³-hybridized carbons (Fsp3) is 0. The van der Waals surface area contributed by atoms with E-state index in [1.165, 1.54) is 23.1 Å². The van der Waals surface area contributed by atoms with Crippen LogP contribution in [0.5, 0.6) is 0 Å². The third-order valence-corrected chi connectivity index (χ3v) is 3.99. The number of carbonyl (C=O) groups excluding carboxylic acids is 1. The molecule has 0 saturated heterocycles. The normalized spacial score (nSPS) is 10.3. The van der Waals surface area contributed by atoms with Gasteiger partial charge in [-0.25, -0.2) is 14.9 Å². The van der Waals surface area contributed by atoms with Gasteiger partial charge in [0.15, 0.2) is 0 Å². The first-order valence-corrected chi connectivity index (χ1v) is 7.97. The predicted octanol–water partition coefficient (Wildman–Crippen LogP) is 4.13. The van der Waals surface area contributed by atoms with E-state index >= 15 is 0 Å². The summed E-state index contributed by atoms with van der Waals surface area (Å²) in [6, 6.07) is 14.5. The lowest BCUT2D eigenvalue weighted by atomic mass is 10.1. The smallest absolute Gasteiger partial charge is 0.268 e. The van der Waals surface area contributed by atoms with Crippen LogP contribution in [0, 0.1) is 10.1 Å².